The van der Waals surface area contributed by atoms with Gasteiger partial charge in [0.1, 0.15) is 0 Å². The molecular weight excluding hydrogens is 336 g/mol. The quantitative estimate of drug-likeness (QED) is 0.122. The molecule has 0 fully saturated rings. The van der Waals surface area contributed by atoms with Gasteiger partial charge in [0, 0.05) is 24.8 Å². The van der Waals surface area contributed by atoms with E-state index in [9.17, 15) is 4.79 Å². The molecule has 0 N–H and O–H groups in total. The molecule has 0 aromatic rings. The molecule has 25 heavy (non-hydrogen) atoms. The van der Waals surface area contributed by atoms with Crippen molar-refractivity contribution in [3.05, 3.63) is 12.2 Å². The van der Waals surface area contributed by atoms with E-state index < -0.39 is 21.1 Å². The van der Waals surface area contributed by atoms with Gasteiger partial charge in [0.15, 0.2) is 6.29 Å². The first-order valence-electron chi connectivity index (χ1n) is 9.73. The van der Waals surface area contributed by atoms with Gasteiger partial charge in [-0.05, 0) is 34.1 Å². The molecule has 0 saturated heterocycles. The van der Waals surface area contributed by atoms with Crippen LogP contribution in [0.5, 0.6) is 0 Å². The van der Waals surface area contributed by atoms with Gasteiger partial charge in [-0.2, -0.15) is 0 Å². The predicted molar refractivity (Wildman–Crippen MR) is 103 cm³/mol. The molecule has 0 aromatic carbocycles. The summed E-state index contributed by atoms with van der Waals surface area (Å²) < 4.78 is 23.1. The molecule has 0 aliphatic heterocycles. The van der Waals surface area contributed by atoms with Crippen LogP contribution in [0.25, 0.3) is 0 Å². The van der Waals surface area contributed by atoms with E-state index in [1.807, 2.05) is 13.8 Å². The van der Waals surface area contributed by atoms with E-state index in [0.717, 1.165) is 18.9 Å². The fourth-order valence-electron chi connectivity index (χ4n) is 2.58. The summed E-state index contributed by atoms with van der Waals surface area (Å²) in [6.45, 7) is 14.0. The number of esters is 1. The zero-order chi connectivity index (χ0) is 19.1. The minimum atomic E-state index is -2.84. The van der Waals surface area contributed by atoms with E-state index in [2.05, 4.69) is 13.5 Å². The Balaban J connectivity index is 4.54. The third kappa shape index (κ3) is 11.5. The van der Waals surface area contributed by atoms with Crippen LogP contribution in [0.3, 0.4) is 0 Å². The van der Waals surface area contributed by atoms with Crippen LogP contribution in [0.2, 0.25) is 6.04 Å². The summed E-state index contributed by atoms with van der Waals surface area (Å²) in [5, 5.41) is 0. The maximum absolute atomic E-state index is 11.7. The predicted octanol–water partition coefficient (Wildman–Crippen LogP) is 5.23. The van der Waals surface area contributed by atoms with Crippen LogP contribution in [0.4, 0.5) is 0 Å². The van der Waals surface area contributed by atoms with Crippen LogP contribution in [-0.4, -0.2) is 34.3 Å². The normalized spacial score (nSPS) is 12.8. The lowest BCUT2D eigenvalue weighted by Gasteiger charge is -2.31. The van der Waals surface area contributed by atoms with Crippen LogP contribution in [0, 0.1) is 0 Å². The number of carbonyl (C=O) groups excluding carboxylic acids is 1. The maximum atomic E-state index is 11.7. The number of ether oxygens (including phenoxy) is 1. The van der Waals surface area contributed by atoms with Crippen molar-refractivity contribution >= 4 is 14.8 Å². The Morgan fingerprint density at radius 2 is 1.48 bits per heavy atom. The first kappa shape index (κ1) is 24.3. The van der Waals surface area contributed by atoms with Crippen molar-refractivity contribution in [1.29, 1.82) is 0 Å². The standard InChI is InChI=1S/C19H38O5Si/c1-7-10-11-12-13-14-15-16-25(21-8-2,22-9-3)24-18(6)23-19(20)17(4)5/h18H,4,7-16H2,1-3,5-6H3. The van der Waals surface area contributed by atoms with E-state index in [1.165, 1.54) is 32.1 Å². The smallest absolute Gasteiger partial charge is 0.434 e. The monoisotopic (exact) mass is 374 g/mol. The van der Waals surface area contributed by atoms with Gasteiger partial charge in [-0.3, -0.25) is 0 Å². The van der Waals surface area contributed by atoms with Crippen molar-refractivity contribution in [3.63, 3.8) is 0 Å². The molecule has 0 aromatic heterocycles. The Bertz CT molecular complexity index is 367. The maximum Gasteiger partial charge on any atom is 0.503 e. The van der Waals surface area contributed by atoms with Gasteiger partial charge in [0.25, 0.3) is 0 Å². The van der Waals surface area contributed by atoms with E-state index >= 15 is 0 Å². The fraction of sp³-hybridized carbons (Fsp3) is 0.842. The second kappa shape index (κ2) is 14.5. The Morgan fingerprint density at radius 3 is 1.96 bits per heavy atom. The summed E-state index contributed by atoms with van der Waals surface area (Å²) in [5.74, 6) is -0.459. The van der Waals surface area contributed by atoms with Crippen molar-refractivity contribution in [1.82, 2.24) is 0 Å². The molecule has 0 heterocycles. The molecule has 0 aliphatic rings. The highest BCUT2D eigenvalue weighted by Crippen LogP contribution is 2.23. The second-order valence-electron chi connectivity index (χ2n) is 6.29. The molecule has 0 bridgehead atoms. The molecule has 148 valence electrons. The van der Waals surface area contributed by atoms with Gasteiger partial charge in [0.2, 0.25) is 0 Å². The number of rotatable bonds is 16. The first-order chi connectivity index (χ1) is 11.9. The largest absolute Gasteiger partial charge is 0.503 e. The SMILES string of the molecule is C=C(C)C(=O)OC(C)O[Si](CCCCCCCCC)(OCC)OCC. The van der Waals surface area contributed by atoms with Gasteiger partial charge >= 0.3 is 14.8 Å². The van der Waals surface area contributed by atoms with E-state index in [1.54, 1.807) is 13.8 Å². The summed E-state index contributed by atoms with van der Waals surface area (Å²) in [5.41, 5.74) is 0.350. The topological polar surface area (TPSA) is 54.0 Å². The van der Waals surface area contributed by atoms with Crippen molar-refractivity contribution in [2.45, 2.75) is 91.9 Å². The zero-order valence-corrected chi connectivity index (χ0v) is 17.9. The highest BCUT2D eigenvalue weighted by atomic mass is 28.4. The highest BCUT2D eigenvalue weighted by molar-refractivity contribution is 6.60. The van der Waals surface area contributed by atoms with Gasteiger partial charge in [-0.15, -0.1) is 0 Å². The summed E-state index contributed by atoms with van der Waals surface area (Å²) >= 11 is 0. The molecule has 6 heteroatoms. The van der Waals surface area contributed by atoms with E-state index in [0.29, 0.717) is 18.8 Å². The van der Waals surface area contributed by atoms with Crippen LogP contribution in [0.1, 0.15) is 79.6 Å². The summed E-state index contributed by atoms with van der Waals surface area (Å²) in [7, 11) is -2.84. The lowest BCUT2D eigenvalue weighted by Crippen LogP contribution is -2.48. The lowest BCUT2D eigenvalue weighted by atomic mass is 10.1. The Morgan fingerprint density at radius 1 is 0.960 bits per heavy atom. The number of hydrogen-bond acceptors (Lipinski definition) is 5. The summed E-state index contributed by atoms with van der Waals surface area (Å²) in [4.78, 5) is 11.7. The molecule has 0 amide bonds. The molecule has 0 aliphatic carbocycles. The number of hydrogen-bond donors (Lipinski definition) is 0. The van der Waals surface area contributed by atoms with Crippen molar-refractivity contribution in [2.75, 3.05) is 13.2 Å². The molecule has 0 spiro atoms. The molecule has 5 nitrogen and oxygen atoms in total. The first-order valence-corrected chi connectivity index (χ1v) is 11.7. The average molecular weight is 375 g/mol. The number of carbonyl (C=O) groups is 1. The molecule has 0 saturated carbocycles. The minimum Gasteiger partial charge on any atom is -0.434 e. The number of unbranched alkanes of at least 4 members (excludes halogenated alkanes) is 6. The Kier molecular flexibility index (Phi) is 14.1. The zero-order valence-electron chi connectivity index (χ0n) is 16.9. The van der Waals surface area contributed by atoms with E-state index in [4.69, 9.17) is 18.0 Å². The van der Waals surface area contributed by atoms with Crippen LogP contribution >= 0.6 is 0 Å². The third-order valence-electron chi connectivity index (χ3n) is 3.78. The molecule has 0 radical (unpaired) electrons. The van der Waals surface area contributed by atoms with E-state index in [-0.39, 0.29) is 0 Å². The fourth-order valence-corrected chi connectivity index (χ4v) is 5.32. The lowest BCUT2D eigenvalue weighted by molar-refractivity contribution is -0.162. The summed E-state index contributed by atoms with van der Waals surface area (Å²) in [6.07, 6.45) is 7.81. The molecule has 0 rings (SSSR count). The third-order valence-corrected chi connectivity index (χ3v) is 6.90. The Labute approximate surface area is 155 Å². The summed E-state index contributed by atoms with van der Waals surface area (Å²) in [6, 6.07) is 0.747. The molecular formula is C19H38O5Si. The Hall–Kier alpha value is -0.693. The van der Waals surface area contributed by atoms with Gasteiger partial charge in [-0.25, -0.2) is 4.79 Å². The van der Waals surface area contributed by atoms with Crippen LogP contribution < -0.4 is 0 Å². The second-order valence-corrected chi connectivity index (χ2v) is 8.97. The highest BCUT2D eigenvalue weighted by Gasteiger charge is 2.42. The van der Waals surface area contributed by atoms with Crippen molar-refractivity contribution in [3.8, 4) is 0 Å². The molecule has 1 unspecified atom stereocenters. The van der Waals surface area contributed by atoms with Gasteiger partial charge in [-0.1, -0.05) is 52.0 Å². The average Bonchev–Trinajstić information content (AvgIpc) is 2.54. The minimum absolute atomic E-state index is 0.350. The van der Waals surface area contributed by atoms with Crippen molar-refractivity contribution in [2.24, 2.45) is 0 Å². The van der Waals surface area contributed by atoms with Gasteiger partial charge in [0.05, 0.1) is 0 Å². The molecule has 1 atom stereocenters. The van der Waals surface area contributed by atoms with Gasteiger partial charge < -0.3 is 18.0 Å². The van der Waals surface area contributed by atoms with Crippen LogP contribution in [0.15, 0.2) is 12.2 Å². The van der Waals surface area contributed by atoms with Crippen LogP contribution in [-0.2, 0) is 22.8 Å². The van der Waals surface area contributed by atoms with Crippen molar-refractivity contribution < 1.29 is 22.8 Å².